The molecule has 6 heteroatoms. The maximum absolute atomic E-state index is 11.5. The molecule has 1 amide bonds. The van der Waals surface area contributed by atoms with E-state index in [0.29, 0.717) is 22.2 Å². The van der Waals surface area contributed by atoms with Gasteiger partial charge in [0.15, 0.2) is 0 Å². The number of carbonyl (C=O) groups excluding carboxylic acids is 1. The van der Waals surface area contributed by atoms with Gasteiger partial charge in [0, 0.05) is 16.1 Å². The molecule has 0 saturated carbocycles. The number of carbonyl (C=O) groups is 1. The Bertz CT molecular complexity index is 623. The van der Waals surface area contributed by atoms with Crippen LogP contribution in [0.2, 0.25) is 0 Å². The Labute approximate surface area is 92.4 Å². The molecule has 0 bridgehead atoms. The molecule has 0 saturated heterocycles. The highest BCUT2D eigenvalue weighted by Crippen LogP contribution is 2.38. The fourth-order valence-corrected chi connectivity index (χ4v) is 2.04. The Hall–Kier alpha value is -1.69. The molecular formula is C9H3BrN4O. The van der Waals surface area contributed by atoms with E-state index in [1.165, 1.54) is 6.33 Å². The highest BCUT2D eigenvalue weighted by atomic mass is 79.9. The number of benzene rings is 1. The molecule has 72 valence electrons. The summed E-state index contributed by atoms with van der Waals surface area (Å²) in [5.74, 6) is -0.342. The highest BCUT2D eigenvalue weighted by Gasteiger charge is 2.23. The first-order valence-corrected chi connectivity index (χ1v) is 4.95. The molecular weight excluding hydrogens is 260 g/mol. The number of rotatable bonds is 0. The molecule has 0 N–H and O–H groups in total. The van der Waals surface area contributed by atoms with Gasteiger partial charge in [-0.3, -0.25) is 4.79 Å². The fourth-order valence-electron chi connectivity index (χ4n) is 1.54. The Balaban J connectivity index is 2.54. The van der Waals surface area contributed by atoms with Crippen LogP contribution in [0.25, 0.3) is 10.9 Å². The zero-order chi connectivity index (χ0) is 10.4. The quantitative estimate of drug-likeness (QED) is 0.733. The topological polar surface area (TPSA) is 67.6 Å². The van der Waals surface area contributed by atoms with Crippen molar-refractivity contribution in [3.05, 3.63) is 28.6 Å². The molecule has 1 aromatic carbocycles. The second kappa shape index (κ2) is 2.90. The first-order chi connectivity index (χ1) is 7.27. The van der Waals surface area contributed by atoms with E-state index in [1.807, 2.05) is 0 Å². The van der Waals surface area contributed by atoms with Crippen LogP contribution in [0.15, 0.2) is 33.3 Å². The Morgan fingerprint density at radius 2 is 2.13 bits per heavy atom. The van der Waals surface area contributed by atoms with E-state index in [0.717, 1.165) is 4.47 Å². The summed E-state index contributed by atoms with van der Waals surface area (Å²) >= 11 is 3.33. The van der Waals surface area contributed by atoms with Crippen LogP contribution in [0.3, 0.4) is 0 Å². The first-order valence-electron chi connectivity index (χ1n) is 4.15. The van der Waals surface area contributed by atoms with Crippen LogP contribution in [0.5, 0.6) is 0 Å². The van der Waals surface area contributed by atoms with Gasteiger partial charge in [-0.05, 0) is 22.0 Å². The lowest BCUT2D eigenvalue weighted by molar-refractivity contribution is 0.100. The number of fused-ring (bicyclic) bond motifs is 3. The largest absolute Gasteiger partial charge is 0.298 e. The predicted molar refractivity (Wildman–Crippen MR) is 56.1 cm³/mol. The van der Waals surface area contributed by atoms with Gasteiger partial charge in [0.1, 0.15) is 12.0 Å². The Kier molecular flexibility index (Phi) is 1.66. The zero-order valence-electron chi connectivity index (χ0n) is 7.31. The Morgan fingerprint density at radius 3 is 3.00 bits per heavy atom. The highest BCUT2D eigenvalue weighted by molar-refractivity contribution is 9.10. The van der Waals surface area contributed by atoms with E-state index >= 15 is 0 Å². The lowest BCUT2D eigenvalue weighted by atomic mass is 10.1. The molecule has 2 heterocycles. The normalized spacial score (nSPS) is 13.5. The van der Waals surface area contributed by atoms with Gasteiger partial charge >= 0.3 is 0 Å². The van der Waals surface area contributed by atoms with Crippen molar-refractivity contribution in [1.29, 1.82) is 0 Å². The number of nitrogens with zero attached hydrogens (tertiary/aromatic N) is 4. The van der Waals surface area contributed by atoms with Gasteiger partial charge in [-0.1, -0.05) is 0 Å². The number of hydrogen-bond donors (Lipinski definition) is 0. The van der Waals surface area contributed by atoms with Crippen LogP contribution in [-0.4, -0.2) is 15.9 Å². The van der Waals surface area contributed by atoms with E-state index in [9.17, 15) is 4.79 Å². The summed E-state index contributed by atoms with van der Waals surface area (Å²) in [6.45, 7) is 0. The molecule has 1 aliphatic heterocycles. The summed E-state index contributed by atoms with van der Waals surface area (Å²) in [4.78, 5) is 19.5. The van der Waals surface area contributed by atoms with Crippen molar-refractivity contribution in [1.82, 2.24) is 9.97 Å². The van der Waals surface area contributed by atoms with Crippen molar-refractivity contribution < 1.29 is 4.79 Å². The van der Waals surface area contributed by atoms with E-state index in [1.54, 1.807) is 12.3 Å². The molecule has 0 aliphatic carbocycles. The summed E-state index contributed by atoms with van der Waals surface area (Å²) in [6, 6.07) is 1.80. The molecule has 0 fully saturated rings. The minimum atomic E-state index is -0.342. The molecule has 2 aromatic rings. The van der Waals surface area contributed by atoms with Gasteiger partial charge in [-0.15, -0.1) is 10.2 Å². The number of halogens is 1. The van der Waals surface area contributed by atoms with Gasteiger partial charge in [-0.25, -0.2) is 9.97 Å². The van der Waals surface area contributed by atoms with Gasteiger partial charge in [0.2, 0.25) is 0 Å². The number of azo groups is 1. The van der Waals surface area contributed by atoms with Crippen LogP contribution in [0.4, 0.5) is 5.69 Å². The van der Waals surface area contributed by atoms with Crippen LogP contribution < -0.4 is 0 Å². The van der Waals surface area contributed by atoms with Gasteiger partial charge < -0.3 is 0 Å². The molecule has 0 radical (unpaired) electrons. The molecule has 0 spiro atoms. The fraction of sp³-hybridized carbons (Fsp3) is 0. The maximum atomic E-state index is 11.5. The molecule has 0 atom stereocenters. The minimum Gasteiger partial charge on any atom is -0.265 e. The number of amides is 1. The van der Waals surface area contributed by atoms with E-state index in [2.05, 4.69) is 36.1 Å². The lowest BCUT2D eigenvalue weighted by Gasteiger charge is -2.02. The smallest absolute Gasteiger partial charge is 0.265 e. The summed E-state index contributed by atoms with van der Waals surface area (Å²) < 4.78 is 0.721. The molecule has 1 aliphatic rings. The molecule has 1 aromatic heterocycles. The van der Waals surface area contributed by atoms with Crippen molar-refractivity contribution in [2.45, 2.75) is 0 Å². The van der Waals surface area contributed by atoms with Crippen molar-refractivity contribution in [2.24, 2.45) is 10.2 Å². The van der Waals surface area contributed by atoms with E-state index < -0.39 is 0 Å². The second-order valence-electron chi connectivity index (χ2n) is 3.04. The first kappa shape index (κ1) is 8.60. The monoisotopic (exact) mass is 262 g/mol. The van der Waals surface area contributed by atoms with Gasteiger partial charge in [0.25, 0.3) is 5.91 Å². The van der Waals surface area contributed by atoms with Crippen LogP contribution in [0, 0.1) is 0 Å². The lowest BCUT2D eigenvalue weighted by Crippen LogP contribution is -1.93. The van der Waals surface area contributed by atoms with Crippen LogP contribution in [-0.2, 0) is 0 Å². The predicted octanol–water partition coefficient (Wildman–Crippen LogP) is 2.63. The van der Waals surface area contributed by atoms with Crippen LogP contribution >= 0.6 is 15.9 Å². The van der Waals surface area contributed by atoms with Crippen molar-refractivity contribution in [3.63, 3.8) is 0 Å². The number of aromatic nitrogens is 2. The van der Waals surface area contributed by atoms with Crippen molar-refractivity contribution >= 4 is 38.4 Å². The summed E-state index contributed by atoms with van der Waals surface area (Å²) in [5.41, 5.74) is 1.73. The molecule has 0 unspecified atom stereocenters. The summed E-state index contributed by atoms with van der Waals surface area (Å²) in [5, 5.41) is 8.00. The van der Waals surface area contributed by atoms with Crippen molar-refractivity contribution in [3.8, 4) is 0 Å². The molecule has 3 rings (SSSR count). The third-order valence-electron chi connectivity index (χ3n) is 2.19. The van der Waals surface area contributed by atoms with Gasteiger partial charge in [-0.2, -0.15) is 0 Å². The second-order valence-corrected chi connectivity index (χ2v) is 3.90. The van der Waals surface area contributed by atoms with Crippen molar-refractivity contribution in [2.75, 3.05) is 0 Å². The van der Waals surface area contributed by atoms with E-state index in [4.69, 9.17) is 0 Å². The maximum Gasteiger partial charge on any atom is 0.298 e. The standard InChI is InChI=1S/C9H3BrN4O/c10-5-1-6-4(2-11-3-12-6)7-8(5)13-14-9(7)15/h1-3H. The van der Waals surface area contributed by atoms with Crippen LogP contribution in [0.1, 0.15) is 10.4 Å². The zero-order valence-corrected chi connectivity index (χ0v) is 8.89. The van der Waals surface area contributed by atoms with Gasteiger partial charge in [0.05, 0.1) is 11.1 Å². The molecule has 15 heavy (non-hydrogen) atoms. The third kappa shape index (κ3) is 1.11. The SMILES string of the molecule is O=C1N=Nc2c(Br)cc3ncncc3c21. The summed E-state index contributed by atoms with van der Waals surface area (Å²) in [7, 11) is 0. The third-order valence-corrected chi connectivity index (χ3v) is 2.80. The minimum absolute atomic E-state index is 0.342. The average Bonchev–Trinajstić information content (AvgIpc) is 2.62. The Morgan fingerprint density at radius 1 is 1.27 bits per heavy atom. The average molecular weight is 263 g/mol. The summed E-state index contributed by atoms with van der Waals surface area (Å²) in [6.07, 6.45) is 3.04. The number of hydrogen-bond acceptors (Lipinski definition) is 4. The molecule has 5 nitrogen and oxygen atoms in total. The van der Waals surface area contributed by atoms with E-state index in [-0.39, 0.29) is 5.91 Å².